The second-order valence-corrected chi connectivity index (χ2v) is 41.3. The molecule has 10 atom stereocenters. The first-order chi connectivity index (χ1) is 67.6. The molecule has 0 spiro atoms. The molecule has 0 unspecified atom stereocenters. The molecule has 0 radical (unpaired) electrons. The molecule has 0 saturated carbocycles. The number of likely N-dealkylation sites (N-methyl/N-ethyl adjacent to an activating group) is 2. The van der Waals surface area contributed by atoms with Gasteiger partial charge < -0.3 is 69.5 Å². The van der Waals surface area contributed by atoms with Crippen molar-refractivity contribution in [2.75, 3.05) is 88.2 Å². The van der Waals surface area contributed by atoms with Crippen LogP contribution in [0.25, 0.3) is 44.5 Å². The van der Waals surface area contributed by atoms with Crippen LogP contribution in [0.5, 0.6) is 23.0 Å². The number of carbonyl (C=O) groups excluding carboxylic acids is 13. The number of Topliss-reactive ketones (excluding diaryl/α,β-unsaturated/α-hetero) is 5. The van der Waals surface area contributed by atoms with Gasteiger partial charge in [-0.05, 0) is 191 Å². The number of nitrogens with one attached hydrogen (secondary N) is 4. The van der Waals surface area contributed by atoms with Gasteiger partial charge in [-0.25, -0.2) is 14.4 Å². The molecule has 10 rings (SSSR count). The van der Waals surface area contributed by atoms with Gasteiger partial charge in [0.25, 0.3) is 0 Å². The Balaban J connectivity index is 0.000000355. The molecular formula is C111H141Cl2IN9O21-. The Kier molecular flexibility index (Phi) is 45.6. The Bertz CT molecular complexity index is 5810. The van der Waals surface area contributed by atoms with Crippen LogP contribution in [0.15, 0.2) is 170 Å². The average molecular weight is 2140 g/mol. The molecule has 8 bridgehead atoms. The van der Waals surface area contributed by atoms with Gasteiger partial charge in [0.15, 0.2) is 28.9 Å². The summed E-state index contributed by atoms with van der Waals surface area (Å²) in [6.45, 7) is 17.9. The topological polar surface area (TPSA) is 402 Å². The Hall–Kier alpha value is -12.6. The molecule has 7 N–H and O–H groups in total. The summed E-state index contributed by atoms with van der Waals surface area (Å²) >= 11 is 11.9. The summed E-state index contributed by atoms with van der Waals surface area (Å²) in [5, 5.41) is 22.3. The van der Waals surface area contributed by atoms with Crippen molar-refractivity contribution in [2.45, 2.75) is 196 Å². The minimum absolute atomic E-state index is 0. The van der Waals surface area contributed by atoms with Crippen LogP contribution < -0.4 is 65.6 Å². The second-order valence-electron chi connectivity index (χ2n) is 38.6. The fourth-order valence-electron chi connectivity index (χ4n) is 17.0. The monoisotopic (exact) mass is 2130 g/mol. The molecular weight excluding hydrogens is 1990 g/mol. The van der Waals surface area contributed by atoms with Crippen molar-refractivity contribution < 1.29 is 122 Å². The van der Waals surface area contributed by atoms with Crippen LogP contribution in [-0.2, 0) is 70.3 Å². The molecule has 0 fully saturated rings. The van der Waals surface area contributed by atoms with Crippen LogP contribution in [0.1, 0.15) is 202 Å². The number of aliphatic carboxylic acids is 1. The van der Waals surface area contributed by atoms with Crippen LogP contribution in [0, 0.1) is 35.5 Å². The van der Waals surface area contributed by atoms with E-state index in [-0.39, 0.29) is 135 Å². The molecule has 778 valence electrons. The number of halogens is 3. The quantitative estimate of drug-likeness (QED) is 0.00717. The fourth-order valence-corrected chi connectivity index (χ4v) is 18.4. The SMILES string of the molecule is C.COc1ccc2cc1-c1cc(ccc1OC)[C@H](N(C)C(=O)[C@H](CCCCNC(=O)OC(C)(C)C)CC(=O)c1ccc(-c3ccc(Cl)cc3)cc1)C(=O)C[C@@H](C)C(=O)N[C@H](C(=O)C[C@@H](C)C(=O)N(C)C)C2.COc1ccc2cc1-c1cc(ccc1OC)[C@H](N(C)C(=O)[C@H](CCCCNC(=O)OC(C)(C)C)CC(=O)c1ccc(-c3ccc(Cl)cc3)cc1)C(=O)C[C@@H](C)C(=O)N[C@H](C(=O)O)C2.C[C@H](C[I-]N)C(=O)N(C)C. The number of benzene rings is 8. The molecule has 8 amide bonds. The second kappa shape index (κ2) is 55.5. The van der Waals surface area contributed by atoms with Gasteiger partial charge in [-0.2, -0.15) is 0 Å². The predicted octanol–water partition coefficient (Wildman–Crippen LogP) is 14.9. The van der Waals surface area contributed by atoms with Gasteiger partial charge in [0.2, 0.25) is 29.5 Å². The van der Waals surface area contributed by atoms with E-state index >= 15 is 4.79 Å². The number of hydrogen-bond donors (Lipinski definition) is 6. The Morgan fingerprint density at radius 2 is 0.771 bits per heavy atom. The molecule has 8 aromatic carbocycles. The molecule has 8 aromatic rings. The summed E-state index contributed by atoms with van der Waals surface area (Å²) in [6.07, 6.45) is 0.185. The number of methoxy groups -OCH3 is 4. The summed E-state index contributed by atoms with van der Waals surface area (Å²) in [4.78, 5) is 196. The van der Waals surface area contributed by atoms with E-state index in [4.69, 9.17) is 55.6 Å². The average Bonchev–Trinajstić information content (AvgIpc) is 0.779. The van der Waals surface area contributed by atoms with Crippen molar-refractivity contribution in [1.82, 2.24) is 40.9 Å². The zero-order valence-corrected chi connectivity index (χ0v) is 89.0. The van der Waals surface area contributed by atoms with Crippen molar-refractivity contribution in [3.05, 3.63) is 213 Å². The van der Waals surface area contributed by atoms with Crippen molar-refractivity contribution in [1.29, 1.82) is 0 Å². The summed E-state index contributed by atoms with van der Waals surface area (Å²) in [7, 11) is 15.8. The number of carboxylic acids is 1. The van der Waals surface area contributed by atoms with Crippen LogP contribution in [-0.4, -0.2) is 219 Å². The van der Waals surface area contributed by atoms with Gasteiger partial charge in [0.1, 0.15) is 52.3 Å². The molecule has 0 saturated heterocycles. The van der Waals surface area contributed by atoms with Crippen LogP contribution in [0.4, 0.5) is 9.59 Å². The third kappa shape index (κ3) is 34.6. The number of amides is 8. The Morgan fingerprint density at radius 1 is 0.444 bits per heavy atom. The third-order valence-corrected chi connectivity index (χ3v) is 26.9. The number of carboxylic acid groups (broad SMARTS) is 1. The van der Waals surface area contributed by atoms with Crippen LogP contribution in [0.2, 0.25) is 10.0 Å². The van der Waals surface area contributed by atoms with Crippen molar-refractivity contribution in [3.8, 4) is 67.5 Å². The summed E-state index contributed by atoms with van der Waals surface area (Å²) in [5.74, 6) is -7.62. The van der Waals surface area contributed by atoms with Crippen molar-refractivity contribution >= 4 is 106 Å². The maximum atomic E-state index is 15.1. The molecule has 0 aromatic heterocycles. The minimum atomic E-state index is -1.29. The van der Waals surface area contributed by atoms with Crippen molar-refractivity contribution in [3.63, 3.8) is 0 Å². The molecule has 30 nitrogen and oxygen atoms in total. The standard InChI is InChI=1S/C55H67ClN4O10.C49H56ClN3O10.C6H14IN2O.CH4/c1-33-27-47(63)50(39-21-25-49(69-10)43(31-39)42-29-35(14-24-48(42)68-9)30-44(58-51(33)64)46(62)28-34(2)52(65)59(6)7)60(8)53(66)40(13-11-12-26-57-54(67)70-55(3,4)5)32-45(61)38-17-15-36(16-18-38)37-19-22-41(56)23-20-37;1-29-24-41(55)44(34-18-22-43(62-7)38(27-34)37-25-30(11-21-42(37)61-6)26-39(47(58)59)52-45(29)56)53(5)46(57)35(10-8-9-23-51-48(60)63-49(2,3)4)28-40(54)33-14-12-31(13-15-33)32-16-19-36(50)20-17-32;1-5(4-7-8)6(10)9(2)3;/h14-25,29,31,33-34,40,44,50H,11-13,26-28,30,32H2,1-10H3,(H,57,67)(H,58,64);11-22,25,27,29,35,39,44H,8-10,23-24,26,28H2,1-7H3,(H,51,60)(H,52,56)(H,58,59);5H,4,8H2,1-3H3;1H4/q;;-1;/t33-,34-,40-,44+,50+;29-,35-,39+,44+;5-;/m111./s1. The number of nitrogens with zero attached hydrogens (tertiary/aromatic N) is 4. The summed E-state index contributed by atoms with van der Waals surface area (Å²) in [6, 6.07) is 45.0. The van der Waals surface area contributed by atoms with Crippen molar-refractivity contribution in [2.24, 2.45) is 39.5 Å². The number of fused-ring (bicyclic) bond motifs is 10. The molecule has 2 heterocycles. The van der Waals surface area contributed by atoms with E-state index in [9.17, 15) is 67.4 Å². The van der Waals surface area contributed by atoms with E-state index in [1.165, 1.54) is 64.2 Å². The van der Waals surface area contributed by atoms with Gasteiger partial charge in [0, 0.05) is 153 Å². The molecule has 33 heteroatoms. The van der Waals surface area contributed by atoms with E-state index in [1.54, 1.807) is 204 Å². The first kappa shape index (κ1) is 118. The zero-order chi connectivity index (χ0) is 106. The molecule has 0 aliphatic carbocycles. The third-order valence-electron chi connectivity index (χ3n) is 24.6. The first-order valence-electron chi connectivity index (χ1n) is 47.7. The van der Waals surface area contributed by atoms with E-state index < -0.39 is 118 Å². The Labute approximate surface area is 866 Å². The molecule has 144 heavy (non-hydrogen) atoms. The summed E-state index contributed by atoms with van der Waals surface area (Å²) in [5.41, 5.74) is 7.40. The number of hydrogen-bond acceptors (Lipinski definition) is 21. The number of alkyl halides is 1. The number of alkyl carbamates (subject to hydrolysis) is 2. The van der Waals surface area contributed by atoms with E-state index in [0.29, 0.717) is 114 Å². The zero-order valence-electron chi connectivity index (χ0n) is 85.4. The maximum absolute atomic E-state index is 15.1. The van der Waals surface area contributed by atoms with Gasteiger partial charge in [-0.15, -0.1) is 0 Å². The number of ether oxygens (including phenoxy) is 6. The van der Waals surface area contributed by atoms with Gasteiger partial charge in [-0.1, -0.05) is 161 Å². The van der Waals surface area contributed by atoms with Gasteiger partial charge in [-0.3, -0.25) is 47.9 Å². The number of rotatable bonds is 34. The first-order valence-corrected chi connectivity index (χ1v) is 51.2. The number of ketones is 5. The fraction of sp³-hybridized carbons (Fsp3) is 0.441. The number of nitrogens with two attached hydrogens (primary N) is 1. The van der Waals surface area contributed by atoms with Crippen LogP contribution >= 0.6 is 23.2 Å². The predicted molar refractivity (Wildman–Crippen MR) is 553 cm³/mol. The number of unbranched alkanes of at least 4 members (excludes halogenated alkanes) is 2. The normalized spacial score (nSPS) is 16.6. The summed E-state index contributed by atoms with van der Waals surface area (Å²) < 4.78 is 40.2. The molecule has 2 aliphatic rings. The number of carbonyl (C=O) groups is 14. The van der Waals surface area contributed by atoms with E-state index in [1.807, 2.05) is 61.5 Å². The molecule has 2 aliphatic heterocycles. The van der Waals surface area contributed by atoms with E-state index in [0.717, 1.165) is 26.7 Å². The van der Waals surface area contributed by atoms with E-state index in [2.05, 4.69) is 21.3 Å². The van der Waals surface area contributed by atoms with Crippen LogP contribution in [0.3, 0.4) is 0 Å². The van der Waals surface area contributed by atoms with Gasteiger partial charge in [0.05, 0.1) is 34.5 Å². The Morgan fingerprint density at radius 3 is 1.10 bits per heavy atom. The van der Waals surface area contributed by atoms with Gasteiger partial charge >= 0.3 is 90.5 Å².